The van der Waals surface area contributed by atoms with E-state index in [4.69, 9.17) is 4.74 Å². The summed E-state index contributed by atoms with van der Waals surface area (Å²) in [5.74, 6) is -0.451. The normalized spacial score (nSPS) is 25.5. The fourth-order valence-electron chi connectivity index (χ4n) is 2.95. The van der Waals surface area contributed by atoms with Crippen molar-refractivity contribution in [2.24, 2.45) is 0 Å². The Hall–Kier alpha value is -1.46. The smallest absolute Gasteiger partial charge is 0.220 e. The summed E-state index contributed by atoms with van der Waals surface area (Å²) in [7, 11) is 1.58. The Bertz CT molecular complexity index is 495. The third-order valence-corrected chi connectivity index (χ3v) is 4.28. The quantitative estimate of drug-likeness (QED) is 0.820. The van der Waals surface area contributed by atoms with Crippen molar-refractivity contribution in [3.05, 3.63) is 35.6 Å². The summed E-state index contributed by atoms with van der Waals surface area (Å²) in [5.41, 5.74) is 0.536. The highest BCUT2D eigenvalue weighted by atomic mass is 19.1. The van der Waals surface area contributed by atoms with Gasteiger partial charge in [-0.25, -0.2) is 4.39 Å². The van der Waals surface area contributed by atoms with E-state index in [1.165, 1.54) is 6.07 Å². The molecule has 2 N–H and O–H groups in total. The molecule has 1 aliphatic rings. The van der Waals surface area contributed by atoms with Crippen LogP contribution < -0.4 is 5.32 Å². The molecule has 1 amide bonds. The monoisotopic (exact) mass is 309 g/mol. The molecule has 0 spiro atoms. The van der Waals surface area contributed by atoms with Crippen LogP contribution in [-0.2, 0) is 16.0 Å². The van der Waals surface area contributed by atoms with Gasteiger partial charge in [-0.1, -0.05) is 31.0 Å². The maximum atomic E-state index is 13.5. The van der Waals surface area contributed by atoms with Gasteiger partial charge in [0.05, 0.1) is 12.1 Å². The number of hydrogen-bond acceptors (Lipinski definition) is 3. The number of carbonyl (C=O) groups is 1. The molecular weight excluding hydrogens is 285 g/mol. The van der Waals surface area contributed by atoms with Crippen molar-refractivity contribution in [1.82, 2.24) is 5.32 Å². The first kappa shape index (κ1) is 16.9. The van der Waals surface area contributed by atoms with Crippen LogP contribution in [0.2, 0.25) is 0 Å². The first-order valence-corrected chi connectivity index (χ1v) is 7.85. The van der Waals surface area contributed by atoms with Gasteiger partial charge in [0.15, 0.2) is 0 Å². The molecule has 22 heavy (non-hydrogen) atoms. The molecular formula is C17H24FNO3. The Kier molecular flexibility index (Phi) is 6.34. The molecule has 0 saturated heterocycles. The van der Waals surface area contributed by atoms with Crippen LogP contribution in [0.5, 0.6) is 0 Å². The Morgan fingerprint density at radius 3 is 2.82 bits per heavy atom. The first-order valence-electron chi connectivity index (χ1n) is 7.85. The molecule has 1 aromatic carbocycles. The number of nitrogens with one attached hydrogen (secondary N) is 1. The Morgan fingerprint density at radius 2 is 2.09 bits per heavy atom. The SMILES string of the molecule is CO[C@@H]1CCCC[C@@H](NC(=O)CCc2ccccc2F)[C@H]1O. The van der Waals surface area contributed by atoms with Gasteiger partial charge >= 0.3 is 0 Å². The zero-order valence-electron chi connectivity index (χ0n) is 12.9. The minimum atomic E-state index is -0.690. The first-order chi connectivity index (χ1) is 10.6. The highest BCUT2D eigenvalue weighted by Gasteiger charge is 2.30. The van der Waals surface area contributed by atoms with E-state index < -0.39 is 6.10 Å². The lowest BCUT2D eigenvalue weighted by Gasteiger charge is -2.27. The number of rotatable bonds is 5. The van der Waals surface area contributed by atoms with Crippen molar-refractivity contribution < 1.29 is 19.0 Å². The van der Waals surface area contributed by atoms with Crippen molar-refractivity contribution >= 4 is 5.91 Å². The lowest BCUT2D eigenvalue weighted by molar-refractivity contribution is -0.123. The summed E-state index contributed by atoms with van der Waals surface area (Å²) in [6.07, 6.45) is 3.12. The minimum Gasteiger partial charge on any atom is -0.388 e. The second-order valence-electron chi connectivity index (χ2n) is 5.81. The van der Waals surface area contributed by atoms with Gasteiger partial charge in [-0.2, -0.15) is 0 Å². The predicted octanol–water partition coefficient (Wildman–Crippen LogP) is 2.19. The van der Waals surface area contributed by atoms with Crippen LogP contribution >= 0.6 is 0 Å². The van der Waals surface area contributed by atoms with E-state index in [0.29, 0.717) is 12.0 Å². The highest BCUT2D eigenvalue weighted by molar-refractivity contribution is 5.76. The number of aliphatic hydroxyl groups excluding tert-OH is 1. The number of ether oxygens (including phenoxy) is 1. The Balaban J connectivity index is 1.86. The molecule has 1 fully saturated rings. The molecule has 0 radical (unpaired) electrons. The molecule has 1 saturated carbocycles. The maximum absolute atomic E-state index is 13.5. The van der Waals surface area contributed by atoms with Crippen LogP contribution in [0.4, 0.5) is 4.39 Å². The number of carbonyl (C=O) groups excluding carboxylic acids is 1. The van der Waals surface area contributed by atoms with E-state index in [9.17, 15) is 14.3 Å². The number of aryl methyl sites for hydroxylation is 1. The van der Waals surface area contributed by atoms with Crippen molar-refractivity contribution in [1.29, 1.82) is 0 Å². The lowest BCUT2D eigenvalue weighted by atomic mass is 10.0. The van der Waals surface area contributed by atoms with Crippen LogP contribution in [0.1, 0.15) is 37.7 Å². The van der Waals surface area contributed by atoms with Gasteiger partial charge in [0.2, 0.25) is 5.91 Å². The number of methoxy groups -OCH3 is 1. The Labute approximate surface area is 130 Å². The molecule has 5 heteroatoms. The van der Waals surface area contributed by atoms with E-state index >= 15 is 0 Å². The Morgan fingerprint density at radius 1 is 1.36 bits per heavy atom. The van der Waals surface area contributed by atoms with Crippen molar-refractivity contribution in [2.45, 2.75) is 56.8 Å². The van der Waals surface area contributed by atoms with Crippen LogP contribution in [0, 0.1) is 5.82 Å². The predicted molar refractivity (Wildman–Crippen MR) is 81.9 cm³/mol. The van der Waals surface area contributed by atoms with Crippen molar-refractivity contribution in [2.75, 3.05) is 7.11 Å². The molecule has 1 aliphatic carbocycles. The molecule has 2 rings (SSSR count). The summed E-state index contributed by atoms with van der Waals surface area (Å²) in [6.45, 7) is 0. The summed E-state index contributed by atoms with van der Waals surface area (Å²) in [5, 5.41) is 13.2. The number of halogens is 1. The number of amides is 1. The molecule has 0 aliphatic heterocycles. The second-order valence-corrected chi connectivity index (χ2v) is 5.81. The molecule has 1 aromatic rings. The third kappa shape index (κ3) is 4.52. The minimum absolute atomic E-state index is 0.163. The van der Waals surface area contributed by atoms with Crippen LogP contribution in [-0.4, -0.2) is 36.4 Å². The molecule has 0 unspecified atom stereocenters. The van der Waals surface area contributed by atoms with Crippen molar-refractivity contribution in [3.63, 3.8) is 0 Å². The van der Waals surface area contributed by atoms with Gasteiger partial charge < -0.3 is 15.2 Å². The van der Waals surface area contributed by atoms with Gasteiger partial charge in [-0.3, -0.25) is 4.79 Å². The van der Waals surface area contributed by atoms with Crippen LogP contribution in [0.15, 0.2) is 24.3 Å². The molecule has 4 nitrogen and oxygen atoms in total. The fourth-order valence-corrected chi connectivity index (χ4v) is 2.95. The maximum Gasteiger partial charge on any atom is 0.220 e. The average Bonchev–Trinajstić information content (AvgIpc) is 2.69. The van der Waals surface area contributed by atoms with Gasteiger partial charge in [-0.15, -0.1) is 0 Å². The number of hydrogen-bond donors (Lipinski definition) is 2. The summed E-state index contributed by atoms with van der Waals surface area (Å²) < 4.78 is 18.8. The topological polar surface area (TPSA) is 58.6 Å². The summed E-state index contributed by atoms with van der Waals surface area (Å²) in [4.78, 5) is 12.1. The van der Waals surface area contributed by atoms with Gasteiger partial charge in [0.25, 0.3) is 0 Å². The van der Waals surface area contributed by atoms with Crippen LogP contribution in [0.25, 0.3) is 0 Å². The van der Waals surface area contributed by atoms with Gasteiger partial charge in [0.1, 0.15) is 11.9 Å². The average molecular weight is 309 g/mol. The summed E-state index contributed by atoms with van der Waals surface area (Å²) in [6, 6.07) is 6.18. The lowest BCUT2D eigenvalue weighted by Crippen LogP contribution is -2.48. The van der Waals surface area contributed by atoms with E-state index in [2.05, 4.69) is 5.32 Å². The molecule has 0 aromatic heterocycles. The van der Waals surface area contributed by atoms with Gasteiger partial charge in [-0.05, 0) is 30.9 Å². The molecule has 0 bridgehead atoms. The van der Waals surface area contributed by atoms with Crippen molar-refractivity contribution in [3.8, 4) is 0 Å². The van der Waals surface area contributed by atoms with Gasteiger partial charge in [0, 0.05) is 13.5 Å². The van der Waals surface area contributed by atoms with Crippen LogP contribution in [0.3, 0.4) is 0 Å². The van der Waals surface area contributed by atoms with E-state index in [0.717, 1.165) is 25.7 Å². The summed E-state index contributed by atoms with van der Waals surface area (Å²) >= 11 is 0. The van der Waals surface area contributed by atoms with E-state index in [-0.39, 0.29) is 30.3 Å². The third-order valence-electron chi connectivity index (χ3n) is 4.28. The number of benzene rings is 1. The largest absolute Gasteiger partial charge is 0.388 e. The number of aliphatic hydroxyl groups is 1. The van der Waals surface area contributed by atoms with E-state index in [1.807, 2.05) is 0 Å². The molecule has 3 atom stereocenters. The molecule has 0 heterocycles. The molecule has 122 valence electrons. The zero-order valence-corrected chi connectivity index (χ0v) is 12.9. The second kappa shape index (κ2) is 8.25. The highest BCUT2D eigenvalue weighted by Crippen LogP contribution is 2.21. The zero-order chi connectivity index (χ0) is 15.9. The fraction of sp³-hybridized carbons (Fsp3) is 0.588. The van der Waals surface area contributed by atoms with E-state index in [1.54, 1.807) is 25.3 Å². The standard InChI is InChI=1S/C17H24FNO3/c1-22-15-9-5-4-8-14(17(15)21)19-16(20)11-10-12-6-2-3-7-13(12)18/h2-3,6-7,14-15,17,21H,4-5,8-11H2,1H3,(H,19,20)/t14-,15-,17-/m1/s1.